The molecule has 0 aromatic heterocycles. The van der Waals surface area contributed by atoms with Crippen molar-refractivity contribution in [2.45, 2.75) is 27.2 Å². The molecule has 0 radical (unpaired) electrons. The predicted octanol–water partition coefficient (Wildman–Crippen LogP) is 3.22. The molecule has 0 saturated carbocycles. The second kappa shape index (κ2) is 4.30. The van der Waals surface area contributed by atoms with Gasteiger partial charge in [0.2, 0.25) is 0 Å². The lowest BCUT2D eigenvalue weighted by Crippen LogP contribution is -1.65. The van der Waals surface area contributed by atoms with Gasteiger partial charge in [-0.3, -0.25) is 0 Å². The molecule has 0 atom stereocenters. The SMILES string of the molecule is CC(C)=CC/C=C(\C)F. The van der Waals surface area contributed by atoms with Gasteiger partial charge in [0, 0.05) is 0 Å². The molecule has 0 fully saturated rings. The van der Waals surface area contributed by atoms with Gasteiger partial charge >= 0.3 is 0 Å². The molecule has 0 rings (SSSR count). The molecule has 0 heterocycles. The molecule has 0 spiro atoms. The van der Waals surface area contributed by atoms with Gasteiger partial charge in [-0.15, -0.1) is 0 Å². The van der Waals surface area contributed by atoms with Crippen molar-refractivity contribution in [1.29, 1.82) is 0 Å². The van der Waals surface area contributed by atoms with E-state index < -0.39 is 0 Å². The van der Waals surface area contributed by atoms with Crippen molar-refractivity contribution in [3.8, 4) is 0 Å². The van der Waals surface area contributed by atoms with E-state index in [-0.39, 0.29) is 5.83 Å². The normalized spacial score (nSPS) is 11.3. The summed E-state index contributed by atoms with van der Waals surface area (Å²) >= 11 is 0. The molecule has 0 bridgehead atoms. The highest BCUT2D eigenvalue weighted by Gasteiger charge is 1.79. The number of halogens is 1. The summed E-state index contributed by atoms with van der Waals surface area (Å²) in [6.45, 7) is 5.46. The van der Waals surface area contributed by atoms with E-state index in [4.69, 9.17) is 0 Å². The van der Waals surface area contributed by atoms with Crippen LogP contribution in [0, 0.1) is 0 Å². The van der Waals surface area contributed by atoms with Crippen LogP contribution in [0.3, 0.4) is 0 Å². The molecule has 52 valence electrons. The fourth-order valence-corrected chi connectivity index (χ4v) is 0.457. The Morgan fingerprint density at radius 1 is 1.22 bits per heavy atom. The summed E-state index contributed by atoms with van der Waals surface area (Å²) in [5.74, 6) is -0.104. The lowest BCUT2D eigenvalue weighted by Gasteiger charge is -1.85. The second-order valence-electron chi connectivity index (χ2n) is 2.31. The maximum Gasteiger partial charge on any atom is 0.0932 e. The quantitative estimate of drug-likeness (QED) is 0.501. The first kappa shape index (κ1) is 8.41. The summed E-state index contributed by atoms with van der Waals surface area (Å²) in [6.07, 6.45) is 4.26. The molecule has 0 amide bonds. The van der Waals surface area contributed by atoms with Crippen LogP contribution in [0.5, 0.6) is 0 Å². The van der Waals surface area contributed by atoms with E-state index in [2.05, 4.69) is 0 Å². The highest BCUT2D eigenvalue weighted by molar-refractivity contribution is 5.00. The van der Waals surface area contributed by atoms with Crippen LogP contribution in [0.4, 0.5) is 4.39 Å². The van der Waals surface area contributed by atoms with Gasteiger partial charge in [-0.1, -0.05) is 11.6 Å². The maximum atomic E-state index is 12.0. The van der Waals surface area contributed by atoms with Crippen LogP contribution < -0.4 is 0 Å². The number of hydrogen-bond acceptors (Lipinski definition) is 0. The number of rotatable bonds is 2. The van der Waals surface area contributed by atoms with Gasteiger partial charge in [0.25, 0.3) is 0 Å². The van der Waals surface area contributed by atoms with Crippen molar-refractivity contribution in [3.63, 3.8) is 0 Å². The van der Waals surface area contributed by atoms with Gasteiger partial charge in [-0.05, 0) is 33.3 Å². The van der Waals surface area contributed by atoms with E-state index in [0.29, 0.717) is 6.42 Å². The van der Waals surface area contributed by atoms with E-state index in [1.165, 1.54) is 12.5 Å². The zero-order valence-electron chi connectivity index (χ0n) is 6.24. The van der Waals surface area contributed by atoms with Crippen LogP contribution in [0.25, 0.3) is 0 Å². The van der Waals surface area contributed by atoms with Gasteiger partial charge in [0.05, 0.1) is 5.83 Å². The summed E-state index contributed by atoms with van der Waals surface area (Å²) in [5.41, 5.74) is 1.23. The van der Waals surface area contributed by atoms with Crippen LogP contribution >= 0.6 is 0 Å². The van der Waals surface area contributed by atoms with Crippen molar-refractivity contribution in [2.75, 3.05) is 0 Å². The molecule has 0 unspecified atom stereocenters. The molecular weight excluding hydrogens is 115 g/mol. The zero-order chi connectivity index (χ0) is 7.28. The monoisotopic (exact) mass is 128 g/mol. The molecule has 0 aromatic rings. The Kier molecular flexibility index (Phi) is 4.02. The topological polar surface area (TPSA) is 0 Å². The van der Waals surface area contributed by atoms with E-state index in [1.807, 2.05) is 19.9 Å². The third-order valence-electron chi connectivity index (χ3n) is 0.925. The second-order valence-corrected chi connectivity index (χ2v) is 2.31. The van der Waals surface area contributed by atoms with Crippen LogP contribution in [0.2, 0.25) is 0 Å². The molecular formula is C8H13F. The first-order chi connectivity index (χ1) is 4.13. The van der Waals surface area contributed by atoms with Gasteiger partial charge in [-0.2, -0.15) is 0 Å². The van der Waals surface area contributed by atoms with Gasteiger partial charge < -0.3 is 0 Å². The minimum Gasteiger partial charge on any atom is -0.212 e. The van der Waals surface area contributed by atoms with E-state index in [0.717, 1.165) is 0 Å². The average molecular weight is 128 g/mol. The maximum absolute atomic E-state index is 12.0. The van der Waals surface area contributed by atoms with Gasteiger partial charge in [-0.25, -0.2) is 4.39 Å². The fraction of sp³-hybridized carbons (Fsp3) is 0.500. The van der Waals surface area contributed by atoms with Crippen molar-refractivity contribution < 1.29 is 4.39 Å². The Labute approximate surface area is 56.1 Å². The smallest absolute Gasteiger partial charge is 0.0932 e. The largest absolute Gasteiger partial charge is 0.212 e. The van der Waals surface area contributed by atoms with E-state index in [9.17, 15) is 4.39 Å². The molecule has 0 aliphatic heterocycles. The minimum atomic E-state index is -0.104. The van der Waals surface area contributed by atoms with E-state index >= 15 is 0 Å². The first-order valence-corrected chi connectivity index (χ1v) is 3.08. The highest BCUT2D eigenvalue weighted by Crippen LogP contribution is 1.98. The lowest BCUT2D eigenvalue weighted by atomic mass is 10.2. The van der Waals surface area contributed by atoms with Crippen molar-refractivity contribution in [2.24, 2.45) is 0 Å². The molecule has 9 heavy (non-hydrogen) atoms. The lowest BCUT2D eigenvalue weighted by molar-refractivity contribution is 0.636. The van der Waals surface area contributed by atoms with Crippen LogP contribution in [0.1, 0.15) is 27.2 Å². The molecule has 1 heteroatoms. The average Bonchev–Trinajstić information content (AvgIpc) is 1.63. The summed E-state index contributed by atoms with van der Waals surface area (Å²) in [5, 5.41) is 0. The van der Waals surface area contributed by atoms with Crippen LogP contribution in [-0.4, -0.2) is 0 Å². The Bertz CT molecular complexity index is 108. The molecule has 0 aliphatic carbocycles. The van der Waals surface area contributed by atoms with Gasteiger partial charge in [0.1, 0.15) is 0 Å². The van der Waals surface area contributed by atoms with Crippen LogP contribution in [-0.2, 0) is 0 Å². The number of hydrogen-bond donors (Lipinski definition) is 0. The Morgan fingerprint density at radius 3 is 2.11 bits per heavy atom. The zero-order valence-corrected chi connectivity index (χ0v) is 6.24. The van der Waals surface area contributed by atoms with Crippen molar-refractivity contribution >= 4 is 0 Å². The molecule has 0 aliphatic rings. The Morgan fingerprint density at radius 2 is 1.78 bits per heavy atom. The first-order valence-electron chi connectivity index (χ1n) is 3.08. The predicted molar refractivity (Wildman–Crippen MR) is 38.9 cm³/mol. The standard InChI is InChI=1S/C8H13F/c1-7(2)5-4-6-8(3)9/h5-6H,4H2,1-3H3/b8-6+. The summed E-state index contributed by atoms with van der Waals surface area (Å²) in [7, 11) is 0. The molecule has 0 saturated heterocycles. The molecule has 0 nitrogen and oxygen atoms in total. The minimum absolute atomic E-state index is 0.104. The summed E-state index contributed by atoms with van der Waals surface area (Å²) in [6, 6.07) is 0. The van der Waals surface area contributed by atoms with Crippen LogP contribution in [0.15, 0.2) is 23.6 Å². The summed E-state index contributed by atoms with van der Waals surface area (Å²) in [4.78, 5) is 0. The Hall–Kier alpha value is -0.590. The third-order valence-corrected chi connectivity index (χ3v) is 0.925. The van der Waals surface area contributed by atoms with Crippen molar-refractivity contribution in [1.82, 2.24) is 0 Å². The highest BCUT2D eigenvalue weighted by atomic mass is 19.1. The molecule has 0 aromatic carbocycles. The third kappa shape index (κ3) is 7.41. The number of allylic oxidation sites excluding steroid dienone is 4. The molecule has 0 N–H and O–H groups in total. The fourth-order valence-electron chi connectivity index (χ4n) is 0.457. The Balaban J connectivity index is 3.53. The summed E-state index contributed by atoms with van der Waals surface area (Å²) < 4.78 is 12.0. The van der Waals surface area contributed by atoms with E-state index in [1.54, 1.807) is 6.08 Å². The van der Waals surface area contributed by atoms with Crippen molar-refractivity contribution in [3.05, 3.63) is 23.6 Å². The van der Waals surface area contributed by atoms with Gasteiger partial charge in [0.15, 0.2) is 0 Å².